The second-order valence-corrected chi connectivity index (χ2v) is 12.0. The Morgan fingerprint density at radius 1 is 0.889 bits per heavy atom. The van der Waals surface area contributed by atoms with Gasteiger partial charge in [0.2, 0.25) is 5.91 Å². The number of hydrogen-bond donors (Lipinski definition) is 3. The van der Waals surface area contributed by atoms with Crippen molar-refractivity contribution in [2.45, 2.75) is 64.3 Å². The van der Waals surface area contributed by atoms with Crippen LogP contribution in [0.4, 0.5) is 5.69 Å². The number of fused-ring (bicyclic) bond motifs is 1. The van der Waals surface area contributed by atoms with E-state index in [9.17, 15) is 14.7 Å². The SMILES string of the molecule is C[C@@H]1[C@H](CN(C)[C@H](C)c2ccc3ccccc3c2)O[C@H](c2ccc(NC(=O)CCCC(=O)O)cc2)O[C@@H]1c1ccc(CO)cc1. The molecular formula is C37H42N2O6. The van der Waals surface area contributed by atoms with Gasteiger partial charge in [-0.1, -0.05) is 79.7 Å². The predicted octanol–water partition coefficient (Wildman–Crippen LogP) is 7.01. The van der Waals surface area contributed by atoms with Gasteiger partial charge in [-0.3, -0.25) is 14.5 Å². The summed E-state index contributed by atoms with van der Waals surface area (Å²) in [6.07, 6.45) is -0.616. The number of likely N-dealkylation sites (N-methyl/N-ethyl adjacent to an activating group) is 1. The van der Waals surface area contributed by atoms with Crippen molar-refractivity contribution in [3.05, 3.63) is 113 Å². The molecule has 1 aliphatic rings. The molecule has 0 aliphatic carbocycles. The molecule has 8 nitrogen and oxygen atoms in total. The molecule has 0 unspecified atom stereocenters. The Hall–Kier alpha value is -4.08. The number of nitrogens with zero attached hydrogens (tertiary/aromatic N) is 1. The van der Waals surface area contributed by atoms with E-state index in [1.54, 1.807) is 0 Å². The summed E-state index contributed by atoms with van der Waals surface area (Å²) in [7, 11) is 2.12. The third kappa shape index (κ3) is 8.15. The van der Waals surface area contributed by atoms with Crippen molar-refractivity contribution in [3.63, 3.8) is 0 Å². The maximum Gasteiger partial charge on any atom is 0.303 e. The molecule has 45 heavy (non-hydrogen) atoms. The van der Waals surface area contributed by atoms with E-state index in [4.69, 9.17) is 14.6 Å². The largest absolute Gasteiger partial charge is 0.481 e. The number of carbonyl (C=O) groups excluding carboxylic acids is 1. The highest BCUT2D eigenvalue weighted by Crippen LogP contribution is 2.42. The summed E-state index contributed by atoms with van der Waals surface area (Å²) < 4.78 is 13.3. The number of aliphatic hydroxyl groups is 1. The van der Waals surface area contributed by atoms with Crippen molar-refractivity contribution in [1.82, 2.24) is 4.90 Å². The van der Waals surface area contributed by atoms with Crippen molar-refractivity contribution in [2.75, 3.05) is 18.9 Å². The van der Waals surface area contributed by atoms with E-state index >= 15 is 0 Å². The van der Waals surface area contributed by atoms with Crippen LogP contribution < -0.4 is 5.32 Å². The van der Waals surface area contributed by atoms with E-state index in [0.29, 0.717) is 12.2 Å². The van der Waals surface area contributed by atoms with Gasteiger partial charge in [0, 0.05) is 42.6 Å². The standard InChI is InChI=1S/C37H42N2O6/c1-24-33(22-39(3)25(2)30-16-15-27-7-4-5-8-31(27)21-30)44-37(45-36(24)28-13-11-26(23-40)12-14-28)29-17-19-32(20-18-29)38-34(41)9-6-10-35(42)43/h4-5,7-8,11-21,24-25,33,36-37,40H,6,9-10,22-23H2,1-3H3,(H,38,41)(H,42,43)/t24-,25-,33+,36+,37+/m1/s1. The summed E-state index contributed by atoms with van der Waals surface area (Å²) in [5, 5.41) is 23.6. The molecule has 4 aromatic rings. The van der Waals surface area contributed by atoms with E-state index in [1.165, 1.54) is 16.3 Å². The lowest BCUT2D eigenvalue weighted by Gasteiger charge is -2.43. The molecule has 1 aliphatic heterocycles. The average Bonchev–Trinajstić information content (AvgIpc) is 3.05. The topological polar surface area (TPSA) is 108 Å². The average molecular weight is 611 g/mol. The number of carboxylic acid groups (broad SMARTS) is 1. The number of nitrogens with one attached hydrogen (secondary N) is 1. The van der Waals surface area contributed by atoms with Crippen molar-refractivity contribution >= 4 is 28.3 Å². The number of hydrogen-bond acceptors (Lipinski definition) is 6. The molecule has 3 N–H and O–H groups in total. The summed E-state index contributed by atoms with van der Waals surface area (Å²) in [4.78, 5) is 25.3. The number of carbonyl (C=O) groups is 2. The van der Waals surface area contributed by atoms with Gasteiger partial charge in [-0.2, -0.15) is 0 Å². The molecule has 1 saturated heterocycles. The third-order valence-corrected chi connectivity index (χ3v) is 8.77. The molecule has 0 bridgehead atoms. The molecule has 1 heterocycles. The number of amides is 1. The predicted molar refractivity (Wildman–Crippen MR) is 175 cm³/mol. The minimum absolute atomic E-state index is 0.0182. The lowest BCUT2D eigenvalue weighted by Crippen LogP contribution is -2.44. The van der Waals surface area contributed by atoms with Crippen molar-refractivity contribution in [2.24, 2.45) is 5.92 Å². The van der Waals surface area contributed by atoms with Crippen LogP contribution in [-0.4, -0.2) is 46.7 Å². The number of benzene rings is 4. The molecule has 0 radical (unpaired) electrons. The van der Waals surface area contributed by atoms with E-state index in [1.807, 2.05) is 48.5 Å². The van der Waals surface area contributed by atoms with Crippen LogP contribution in [0.3, 0.4) is 0 Å². The van der Waals surface area contributed by atoms with Gasteiger partial charge in [-0.05, 0) is 66.1 Å². The normalized spacial score (nSPS) is 20.6. The van der Waals surface area contributed by atoms with Gasteiger partial charge < -0.3 is 25.0 Å². The van der Waals surface area contributed by atoms with Crippen molar-refractivity contribution in [1.29, 1.82) is 0 Å². The number of rotatable bonds is 12. The number of aliphatic hydroxyl groups excluding tert-OH is 1. The number of anilines is 1. The highest BCUT2D eigenvalue weighted by atomic mass is 16.7. The molecule has 1 fully saturated rings. The first-order valence-electron chi connectivity index (χ1n) is 15.5. The van der Waals surface area contributed by atoms with Crippen molar-refractivity contribution in [3.8, 4) is 0 Å². The second-order valence-electron chi connectivity index (χ2n) is 12.0. The molecule has 8 heteroatoms. The minimum atomic E-state index is -0.913. The van der Waals surface area contributed by atoms with Gasteiger partial charge in [-0.25, -0.2) is 0 Å². The minimum Gasteiger partial charge on any atom is -0.481 e. The number of carboxylic acids is 1. The first kappa shape index (κ1) is 32.3. The zero-order valence-electron chi connectivity index (χ0n) is 26.1. The fraction of sp³-hybridized carbons (Fsp3) is 0.351. The fourth-order valence-corrected chi connectivity index (χ4v) is 5.84. The van der Waals surface area contributed by atoms with Crippen LogP contribution >= 0.6 is 0 Å². The Morgan fingerprint density at radius 2 is 1.58 bits per heavy atom. The van der Waals surface area contributed by atoms with Gasteiger partial charge in [0.1, 0.15) is 0 Å². The molecule has 4 aromatic carbocycles. The lowest BCUT2D eigenvalue weighted by molar-refractivity contribution is -0.276. The smallest absolute Gasteiger partial charge is 0.303 e. The quantitative estimate of drug-likeness (QED) is 0.158. The summed E-state index contributed by atoms with van der Waals surface area (Å²) in [6.45, 7) is 5.04. The Bertz CT molecular complexity index is 1590. The molecule has 0 spiro atoms. The maximum absolute atomic E-state index is 12.3. The number of aliphatic carboxylic acids is 1. The molecule has 1 amide bonds. The van der Waals surface area contributed by atoms with Crippen LogP contribution in [0.1, 0.15) is 73.8 Å². The Balaban J connectivity index is 1.33. The molecule has 5 rings (SSSR count). The Morgan fingerprint density at radius 3 is 2.27 bits per heavy atom. The highest BCUT2D eigenvalue weighted by molar-refractivity contribution is 5.90. The Labute approximate surface area is 264 Å². The molecule has 236 valence electrons. The van der Waals surface area contributed by atoms with E-state index in [2.05, 4.69) is 73.6 Å². The first-order valence-corrected chi connectivity index (χ1v) is 15.5. The van der Waals surface area contributed by atoms with Gasteiger partial charge in [0.05, 0.1) is 18.8 Å². The summed E-state index contributed by atoms with van der Waals surface area (Å²) in [6, 6.07) is 30.4. The fourth-order valence-electron chi connectivity index (χ4n) is 5.84. The lowest BCUT2D eigenvalue weighted by atomic mass is 9.89. The van der Waals surface area contributed by atoms with Crippen LogP contribution in [0, 0.1) is 5.92 Å². The molecule has 0 aromatic heterocycles. The van der Waals surface area contributed by atoms with E-state index in [0.717, 1.165) is 16.7 Å². The summed E-state index contributed by atoms with van der Waals surface area (Å²) in [5.41, 5.74) is 4.56. The number of ether oxygens (including phenoxy) is 2. The van der Waals surface area contributed by atoms with E-state index in [-0.39, 0.29) is 55.9 Å². The van der Waals surface area contributed by atoms with Crippen molar-refractivity contribution < 1.29 is 29.3 Å². The first-order chi connectivity index (χ1) is 21.7. The zero-order chi connectivity index (χ0) is 31.9. The molecule has 5 atom stereocenters. The second kappa shape index (κ2) is 14.8. The van der Waals surface area contributed by atoms with Crippen LogP contribution in [0.25, 0.3) is 10.8 Å². The zero-order valence-corrected chi connectivity index (χ0v) is 26.1. The Kier molecular flexibility index (Phi) is 10.6. The monoisotopic (exact) mass is 610 g/mol. The third-order valence-electron chi connectivity index (χ3n) is 8.77. The van der Waals surface area contributed by atoms with Gasteiger partial charge in [0.15, 0.2) is 6.29 Å². The van der Waals surface area contributed by atoms with Crippen LogP contribution in [-0.2, 0) is 25.7 Å². The van der Waals surface area contributed by atoms with Crippen LogP contribution in [0.5, 0.6) is 0 Å². The maximum atomic E-state index is 12.3. The van der Waals surface area contributed by atoms with Crippen LogP contribution in [0.2, 0.25) is 0 Å². The molecule has 0 saturated carbocycles. The van der Waals surface area contributed by atoms with Gasteiger partial charge in [-0.15, -0.1) is 0 Å². The summed E-state index contributed by atoms with van der Waals surface area (Å²) >= 11 is 0. The van der Waals surface area contributed by atoms with Gasteiger partial charge in [0.25, 0.3) is 0 Å². The van der Waals surface area contributed by atoms with Gasteiger partial charge >= 0.3 is 5.97 Å². The molecular weight excluding hydrogens is 568 g/mol. The highest BCUT2D eigenvalue weighted by Gasteiger charge is 2.39. The summed E-state index contributed by atoms with van der Waals surface area (Å²) in [5.74, 6) is -1.10. The van der Waals surface area contributed by atoms with E-state index < -0.39 is 12.3 Å². The van der Waals surface area contributed by atoms with Crippen LogP contribution in [0.15, 0.2) is 91.0 Å².